The van der Waals surface area contributed by atoms with Crippen LogP contribution in [0.3, 0.4) is 0 Å². The van der Waals surface area contributed by atoms with E-state index < -0.39 is 7.14 Å². The Bertz CT molecular complexity index is 2380. The lowest BCUT2D eigenvalue weighted by Crippen LogP contribution is -2.21. The number of pyridine rings is 1. The Morgan fingerprint density at radius 3 is 2.11 bits per heavy atom. The first-order valence-electron chi connectivity index (χ1n) is 16.3. The quantitative estimate of drug-likeness (QED) is 0.175. The Morgan fingerprint density at radius 1 is 0.660 bits per heavy atom. The van der Waals surface area contributed by atoms with E-state index in [1.54, 1.807) is 0 Å². The maximum atomic E-state index is 15.0. The fourth-order valence-corrected chi connectivity index (χ4v) is 11.4. The van der Waals surface area contributed by atoms with E-state index >= 15 is 0 Å². The summed E-state index contributed by atoms with van der Waals surface area (Å²) < 4.78 is 17.6. The first kappa shape index (κ1) is 28.4. The molecule has 0 saturated heterocycles. The van der Waals surface area contributed by atoms with Crippen LogP contribution in [0.2, 0.25) is 0 Å². The molecule has 0 spiro atoms. The number of hydrogen-bond donors (Lipinski definition) is 0. The first-order valence-corrected chi connectivity index (χ1v) is 18.8. The molecule has 3 aliphatic rings. The molecule has 47 heavy (non-hydrogen) atoms. The summed E-state index contributed by atoms with van der Waals surface area (Å²) in [6.07, 6.45) is 21.6. The van der Waals surface area contributed by atoms with Gasteiger partial charge >= 0.3 is 0 Å². The zero-order valence-corrected chi connectivity index (χ0v) is 27.4. The number of rotatable bonds is 5. The molecular weight excluding hydrogens is 610 g/mol. The van der Waals surface area contributed by atoms with E-state index in [0.717, 1.165) is 33.6 Å². The molecule has 2 aromatic heterocycles. The predicted molar refractivity (Wildman–Crippen MR) is 201 cm³/mol. The van der Waals surface area contributed by atoms with Gasteiger partial charge < -0.3 is 4.57 Å². The topological polar surface area (TPSA) is 30.0 Å². The highest BCUT2D eigenvalue weighted by Crippen LogP contribution is 2.55. The van der Waals surface area contributed by atoms with Crippen molar-refractivity contribution in [3.8, 4) is 0 Å². The summed E-state index contributed by atoms with van der Waals surface area (Å²) in [6, 6.07) is 37.1. The van der Waals surface area contributed by atoms with Crippen LogP contribution in [0.25, 0.3) is 36.6 Å². The van der Waals surface area contributed by atoms with Gasteiger partial charge in [0.15, 0.2) is 7.14 Å². The number of nitrogens with zero attached hydrogens (tertiary/aromatic N) is 1. The molecule has 226 valence electrons. The van der Waals surface area contributed by atoms with Gasteiger partial charge in [0.25, 0.3) is 0 Å². The zero-order valence-electron chi connectivity index (χ0n) is 25.7. The van der Waals surface area contributed by atoms with Crippen LogP contribution < -0.4 is 10.6 Å². The van der Waals surface area contributed by atoms with Crippen molar-refractivity contribution in [1.82, 2.24) is 4.98 Å². The molecule has 0 N–H and O–H groups in total. The molecule has 0 bridgehead atoms. The molecule has 0 amide bonds. The van der Waals surface area contributed by atoms with Crippen LogP contribution in [0.4, 0.5) is 0 Å². The van der Waals surface area contributed by atoms with Crippen molar-refractivity contribution in [2.45, 2.75) is 6.42 Å². The number of para-hydroxylation sites is 1. The average molecular weight is 642 g/mol. The van der Waals surface area contributed by atoms with Gasteiger partial charge in [0.05, 0.1) is 11.2 Å². The molecule has 0 saturated carbocycles. The molecule has 3 aliphatic carbocycles. The molecule has 0 aliphatic heterocycles. The second-order valence-electron chi connectivity index (χ2n) is 12.6. The lowest BCUT2D eigenvalue weighted by atomic mass is 9.78. The third-order valence-electron chi connectivity index (χ3n) is 9.78. The molecule has 2 heterocycles. The summed E-state index contributed by atoms with van der Waals surface area (Å²) in [5.74, 6) is 0.660. The Kier molecular flexibility index (Phi) is 6.92. The highest BCUT2D eigenvalue weighted by atomic mass is 32.1. The third kappa shape index (κ3) is 4.76. The standard InChI is InChI=1S/C43H32NOPS/c45-46(34-14-3-1-4-15-34,35-16-5-2-6-17-35)36-25-24-31-26-30(22-23-32(31)28-36)29-12-11-13-33(27-29)42-41-38-19-8-10-21-40(38)47-43(41)37-18-7-9-20-39(37)44-42/h1-11,13-29,31-32H,12H2/t29?,31?,32-/m1/s1. The van der Waals surface area contributed by atoms with Crippen LogP contribution in [0.5, 0.6) is 0 Å². The number of allylic oxidation sites excluding steroid dienone is 12. The number of hydrogen-bond acceptors (Lipinski definition) is 3. The number of benzene rings is 4. The second-order valence-corrected chi connectivity index (χ2v) is 16.4. The highest BCUT2D eigenvalue weighted by Gasteiger charge is 2.34. The molecular formula is C43H32NOPS. The van der Waals surface area contributed by atoms with Gasteiger partial charge in [-0.15, -0.1) is 11.3 Å². The Balaban J connectivity index is 1.07. The van der Waals surface area contributed by atoms with Gasteiger partial charge in [0, 0.05) is 59.2 Å². The van der Waals surface area contributed by atoms with Crippen molar-refractivity contribution in [2.24, 2.45) is 17.8 Å². The highest BCUT2D eigenvalue weighted by molar-refractivity contribution is 7.82. The summed E-state index contributed by atoms with van der Waals surface area (Å²) in [7, 11) is -3.00. The second kappa shape index (κ2) is 11.5. The molecule has 2 unspecified atom stereocenters. The van der Waals surface area contributed by atoms with E-state index in [1.165, 1.54) is 36.7 Å². The van der Waals surface area contributed by atoms with Crippen molar-refractivity contribution < 1.29 is 4.57 Å². The van der Waals surface area contributed by atoms with Gasteiger partial charge in [-0.25, -0.2) is 4.98 Å². The number of fused-ring (bicyclic) bond motifs is 6. The van der Waals surface area contributed by atoms with Gasteiger partial charge in [-0.05, 0) is 29.7 Å². The van der Waals surface area contributed by atoms with Crippen LogP contribution in [-0.2, 0) is 4.57 Å². The van der Waals surface area contributed by atoms with E-state index in [4.69, 9.17) is 4.98 Å². The Hall–Kier alpha value is -4.82. The minimum Gasteiger partial charge on any atom is -0.309 e. The maximum absolute atomic E-state index is 15.0. The lowest BCUT2D eigenvalue weighted by Gasteiger charge is -2.30. The van der Waals surface area contributed by atoms with Crippen molar-refractivity contribution in [2.75, 3.05) is 0 Å². The molecule has 2 nitrogen and oxygen atoms in total. The Labute approximate surface area is 278 Å². The molecule has 0 fully saturated rings. The average Bonchev–Trinajstić information content (AvgIpc) is 3.55. The molecule has 6 aromatic rings. The largest absolute Gasteiger partial charge is 0.309 e. The fraction of sp³-hybridized carbons (Fsp3) is 0.0930. The summed E-state index contributed by atoms with van der Waals surface area (Å²) in [4.78, 5) is 5.28. The van der Waals surface area contributed by atoms with Crippen molar-refractivity contribution in [3.05, 3.63) is 180 Å². The minimum absolute atomic E-state index is 0.168. The van der Waals surface area contributed by atoms with Crippen LogP contribution >= 0.6 is 18.5 Å². The van der Waals surface area contributed by atoms with E-state index in [2.05, 4.69) is 103 Å². The monoisotopic (exact) mass is 641 g/mol. The fourth-order valence-electron chi connectivity index (χ4n) is 7.42. The van der Waals surface area contributed by atoms with Gasteiger partial charge in [0.1, 0.15) is 0 Å². The van der Waals surface area contributed by atoms with E-state index in [0.29, 0.717) is 0 Å². The normalized spacial score (nSPS) is 20.7. The van der Waals surface area contributed by atoms with Gasteiger partial charge in [0.2, 0.25) is 0 Å². The predicted octanol–water partition coefficient (Wildman–Crippen LogP) is 10.8. The number of aromatic nitrogens is 1. The van der Waals surface area contributed by atoms with E-state index in [-0.39, 0.29) is 17.8 Å². The number of thiophene rings is 1. The summed E-state index contributed by atoms with van der Waals surface area (Å²) in [5, 5.41) is 6.40. The first-order chi connectivity index (χ1) is 23.2. The molecule has 3 atom stereocenters. The molecule has 4 aromatic carbocycles. The van der Waals surface area contributed by atoms with E-state index in [1.807, 2.05) is 72.0 Å². The van der Waals surface area contributed by atoms with E-state index in [9.17, 15) is 4.57 Å². The van der Waals surface area contributed by atoms with Gasteiger partial charge in [-0.3, -0.25) is 0 Å². The van der Waals surface area contributed by atoms with Crippen molar-refractivity contribution in [1.29, 1.82) is 0 Å². The summed E-state index contributed by atoms with van der Waals surface area (Å²) >= 11 is 1.86. The van der Waals surface area contributed by atoms with Crippen molar-refractivity contribution >= 4 is 65.7 Å². The van der Waals surface area contributed by atoms with Gasteiger partial charge in [-0.1, -0.05) is 152 Å². The summed E-state index contributed by atoms with van der Waals surface area (Å²) in [5.41, 5.74) is 4.62. The SMILES string of the molecule is O=P(C1=C[C@H]2C=CC(C3C=C(c4nc5ccccc5c5sc6ccccc6c45)C=CC3)=CC2C=C1)(c1ccccc1)c1ccccc1. The van der Waals surface area contributed by atoms with Crippen molar-refractivity contribution in [3.63, 3.8) is 0 Å². The molecule has 4 heteroatoms. The third-order valence-corrected chi connectivity index (χ3v) is 14.1. The van der Waals surface area contributed by atoms with Gasteiger partial charge in [-0.2, -0.15) is 0 Å². The Morgan fingerprint density at radius 2 is 1.32 bits per heavy atom. The smallest absolute Gasteiger partial charge is 0.170 e. The lowest BCUT2D eigenvalue weighted by molar-refractivity contribution is 0.589. The maximum Gasteiger partial charge on any atom is 0.170 e. The summed E-state index contributed by atoms with van der Waals surface area (Å²) in [6.45, 7) is 0. The van der Waals surface area contributed by atoms with Crippen LogP contribution in [0, 0.1) is 17.8 Å². The van der Waals surface area contributed by atoms with Crippen LogP contribution in [-0.4, -0.2) is 4.98 Å². The van der Waals surface area contributed by atoms with Crippen LogP contribution in [0.15, 0.2) is 175 Å². The van der Waals surface area contributed by atoms with Crippen LogP contribution in [0.1, 0.15) is 12.1 Å². The molecule has 9 rings (SSSR count). The molecule has 0 radical (unpaired) electrons. The zero-order chi connectivity index (χ0) is 31.4. The minimum atomic E-state index is -3.00.